The zero-order valence-corrected chi connectivity index (χ0v) is 7.70. The van der Waals surface area contributed by atoms with E-state index >= 15 is 0 Å². The van der Waals surface area contributed by atoms with E-state index < -0.39 is 0 Å². The molecule has 0 unspecified atom stereocenters. The van der Waals surface area contributed by atoms with E-state index in [9.17, 15) is 10.2 Å². The van der Waals surface area contributed by atoms with E-state index in [0.717, 1.165) is 12.8 Å². The van der Waals surface area contributed by atoms with Crippen molar-refractivity contribution >= 4 is 0 Å². The molecule has 0 aromatic rings. The van der Waals surface area contributed by atoms with E-state index in [1.165, 1.54) is 0 Å². The van der Waals surface area contributed by atoms with Crippen molar-refractivity contribution in [1.82, 2.24) is 0 Å². The maximum Gasteiger partial charge on any atom is 0.0554 e. The first-order valence-electron chi connectivity index (χ1n) is 4.73. The van der Waals surface area contributed by atoms with Crippen molar-refractivity contribution in [3.05, 3.63) is 12.2 Å². The van der Waals surface area contributed by atoms with Crippen LogP contribution in [0, 0.1) is 10.8 Å². The molecule has 1 aliphatic heterocycles. The number of hydrogen-bond acceptors (Lipinski definition) is 3. The third-order valence-electron chi connectivity index (χ3n) is 3.67. The first-order chi connectivity index (χ1) is 6.29. The van der Waals surface area contributed by atoms with Crippen LogP contribution in [0.4, 0.5) is 0 Å². The van der Waals surface area contributed by atoms with Gasteiger partial charge >= 0.3 is 0 Å². The molecule has 2 atom stereocenters. The number of rotatable bonds is 2. The van der Waals surface area contributed by atoms with Crippen LogP contribution >= 0.6 is 0 Å². The Labute approximate surface area is 78.0 Å². The van der Waals surface area contributed by atoms with Crippen LogP contribution in [0.2, 0.25) is 0 Å². The minimum Gasteiger partial charge on any atom is -0.396 e. The van der Waals surface area contributed by atoms with Crippen molar-refractivity contribution in [3.63, 3.8) is 0 Å². The van der Waals surface area contributed by atoms with E-state index in [1.807, 2.05) is 0 Å². The predicted molar refractivity (Wildman–Crippen MR) is 48.2 cm³/mol. The predicted octanol–water partition coefficient (Wildman–Crippen LogP) is 0.324. The Kier molecular flexibility index (Phi) is 2.18. The minimum absolute atomic E-state index is 0.109. The van der Waals surface area contributed by atoms with Crippen molar-refractivity contribution in [2.75, 3.05) is 26.4 Å². The maximum atomic E-state index is 9.42. The lowest BCUT2D eigenvalue weighted by molar-refractivity contribution is -0.0182. The highest BCUT2D eigenvalue weighted by Crippen LogP contribution is 2.52. The largest absolute Gasteiger partial charge is 0.396 e. The summed E-state index contributed by atoms with van der Waals surface area (Å²) in [4.78, 5) is 0. The second-order valence-corrected chi connectivity index (χ2v) is 4.25. The van der Waals surface area contributed by atoms with Crippen LogP contribution in [0.25, 0.3) is 0 Å². The van der Waals surface area contributed by atoms with Crippen molar-refractivity contribution in [2.24, 2.45) is 10.8 Å². The standard InChI is InChI=1S/C10H16O3/c11-5-9-3-1-2-4-10(9,6-12)8-13-7-9/h1-2,11-12H,3-8H2/t9-,10+. The molecule has 2 aliphatic rings. The highest BCUT2D eigenvalue weighted by molar-refractivity contribution is 5.12. The van der Waals surface area contributed by atoms with Gasteiger partial charge in [0, 0.05) is 10.8 Å². The lowest BCUT2D eigenvalue weighted by Crippen LogP contribution is -2.47. The van der Waals surface area contributed by atoms with E-state index in [-0.39, 0.29) is 24.0 Å². The average Bonchev–Trinajstić information content (AvgIpc) is 2.58. The summed E-state index contributed by atoms with van der Waals surface area (Å²) in [6.45, 7) is 1.37. The lowest BCUT2D eigenvalue weighted by atomic mass is 9.60. The highest BCUT2D eigenvalue weighted by atomic mass is 16.5. The molecule has 0 spiro atoms. The molecule has 2 rings (SSSR count). The summed E-state index contributed by atoms with van der Waals surface area (Å²) >= 11 is 0. The molecule has 0 radical (unpaired) electrons. The fourth-order valence-corrected chi connectivity index (χ4v) is 2.47. The van der Waals surface area contributed by atoms with Crippen LogP contribution in [-0.4, -0.2) is 36.6 Å². The van der Waals surface area contributed by atoms with Gasteiger partial charge in [0.25, 0.3) is 0 Å². The van der Waals surface area contributed by atoms with Gasteiger partial charge in [-0.05, 0) is 12.8 Å². The molecule has 3 nitrogen and oxygen atoms in total. The summed E-state index contributed by atoms with van der Waals surface area (Å²) in [5.74, 6) is 0. The maximum absolute atomic E-state index is 9.42. The summed E-state index contributed by atoms with van der Waals surface area (Å²) in [6, 6.07) is 0. The van der Waals surface area contributed by atoms with Gasteiger partial charge in [0.1, 0.15) is 0 Å². The molecule has 0 saturated carbocycles. The van der Waals surface area contributed by atoms with Crippen LogP contribution in [0.3, 0.4) is 0 Å². The van der Waals surface area contributed by atoms with Crippen LogP contribution in [0.15, 0.2) is 12.2 Å². The monoisotopic (exact) mass is 184 g/mol. The van der Waals surface area contributed by atoms with Crippen LogP contribution in [0.1, 0.15) is 12.8 Å². The Hall–Kier alpha value is -0.380. The Morgan fingerprint density at radius 2 is 1.46 bits per heavy atom. The molecular weight excluding hydrogens is 168 g/mol. The number of fused-ring (bicyclic) bond motifs is 1. The lowest BCUT2D eigenvalue weighted by Gasteiger charge is -2.43. The normalized spacial score (nSPS) is 43.5. The van der Waals surface area contributed by atoms with Gasteiger partial charge in [-0.15, -0.1) is 0 Å². The Bertz CT molecular complexity index is 204. The molecule has 0 aromatic carbocycles. The topological polar surface area (TPSA) is 49.7 Å². The Morgan fingerprint density at radius 3 is 1.85 bits per heavy atom. The van der Waals surface area contributed by atoms with Gasteiger partial charge in [0.2, 0.25) is 0 Å². The number of ether oxygens (including phenoxy) is 1. The summed E-state index contributed by atoms with van der Waals surface area (Å²) in [5, 5.41) is 18.8. The first kappa shape index (κ1) is 9.19. The van der Waals surface area contributed by atoms with Crippen molar-refractivity contribution in [1.29, 1.82) is 0 Å². The van der Waals surface area contributed by atoms with Gasteiger partial charge < -0.3 is 14.9 Å². The molecule has 2 N–H and O–H groups in total. The van der Waals surface area contributed by atoms with Gasteiger partial charge in [-0.1, -0.05) is 12.2 Å². The van der Waals surface area contributed by atoms with Crippen LogP contribution in [0.5, 0.6) is 0 Å². The van der Waals surface area contributed by atoms with Gasteiger partial charge in [0.05, 0.1) is 26.4 Å². The number of aliphatic hydroxyl groups is 2. The van der Waals surface area contributed by atoms with Gasteiger partial charge in [0.15, 0.2) is 0 Å². The van der Waals surface area contributed by atoms with E-state index in [1.54, 1.807) is 0 Å². The summed E-state index contributed by atoms with van der Waals surface area (Å²) in [6.07, 6.45) is 5.81. The molecular formula is C10H16O3. The molecule has 74 valence electrons. The first-order valence-corrected chi connectivity index (χ1v) is 4.73. The van der Waals surface area contributed by atoms with Crippen LogP contribution < -0.4 is 0 Å². The van der Waals surface area contributed by atoms with Gasteiger partial charge in [-0.25, -0.2) is 0 Å². The third kappa shape index (κ3) is 1.08. The quantitative estimate of drug-likeness (QED) is 0.608. The van der Waals surface area contributed by atoms with Crippen LogP contribution in [-0.2, 0) is 4.74 Å². The van der Waals surface area contributed by atoms with E-state index in [4.69, 9.17) is 4.74 Å². The number of allylic oxidation sites excluding steroid dienone is 2. The number of hydrogen-bond donors (Lipinski definition) is 2. The molecule has 0 bridgehead atoms. The third-order valence-corrected chi connectivity index (χ3v) is 3.67. The van der Waals surface area contributed by atoms with Crippen molar-refractivity contribution in [2.45, 2.75) is 12.8 Å². The molecule has 1 fully saturated rings. The zero-order valence-electron chi connectivity index (χ0n) is 7.70. The number of aliphatic hydroxyl groups excluding tert-OH is 2. The Balaban J connectivity index is 2.34. The fourth-order valence-electron chi connectivity index (χ4n) is 2.47. The SMILES string of the molecule is OC[C@@]12CC=CC[C@]1(CO)COC2. The summed E-state index contributed by atoms with van der Waals surface area (Å²) in [7, 11) is 0. The second kappa shape index (κ2) is 3.08. The smallest absolute Gasteiger partial charge is 0.0554 e. The van der Waals surface area contributed by atoms with Crippen molar-refractivity contribution in [3.8, 4) is 0 Å². The van der Waals surface area contributed by atoms with Gasteiger partial charge in [-0.3, -0.25) is 0 Å². The second-order valence-electron chi connectivity index (χ2n) is 4.25. The zero-order chi connectivity index (χ0) is 9.36. The summed E-state index contributed by atoms with van der Waals surface area (Å²) < 4.78 is 5.42. The molecule has 13 heavy (non-hydrogen) atoms. The Morgan fingerprint density at radius 1 is 1.00 bits per heavy atom. The highest BCUT2D eigenvalue weighted by Gasteiger charge is 2.55. The van der Waals surface area contributed by atoms with Crippen molar-refractivity contribution < 1.29 is 14.9 Å². The molecule has 0 amide bonds. The molecule has 1 aliphatic carbocycles. The summed E-state index contributed by atoms with van der Waals surface area (Å²) in [5.41, 5.74) is -0.451. The molecule has 1 saturated heterocycles. The molecule has 0 aromatic heterocycles. The van der Waals surface area contributed by atoms with E-state index in [0.29, 0.717) is 13.2 Å². The molecule has 3 heteroatoms. The average molecular weight is 184 g/mol. The van der Waals surface area contributed by atoms with Gasteiger partial charge in [-0.2, -0.15) is 0 Å². The van der Waals surface area contributed by atoms with E-state index in [2.05, 4.69) is 12.2 Å². The minimum atomic E-state index is -0.226. The molecule has 1 heterocycles. The fraction of sp³-hybridized carbons (Fsp3) is 0.800.